The van der Waals surface area contributed by atoms with Crippen LogP contribution in [0.25, 0.3) is 10.9 Å². The number of nitrogens with zero attached hydrogens (tertiary/aromatic N) is 1. The molecule has 0 saturated heterocycles. The number of benzene rings is 1. The number of aliphatic hydroxyl groups excluding tert-OH is 1. The van der Waals surface area contributed by atoms with Gasteiger partial charge in [0.15, 0.2) is 0 Å². The van der Waals surface area contributed by atoms with Gasteiger partial charge in [-0.3, -0.25) is 4.79 Å². The van der Waals surface area contributed by atoms with E-state index < -0.39 is 0 Å². The van der Waals surface area contributed by atoms with Crippen molar-refractivity contribution < 1.29 is 9.90 Å². The molecule has 4 N–H and O–H groups in total. The molecular weight excluding hydrogens is 266 g/mol. The fourth-order valence-corrected chi connectivity index (χ4v) is 3.19. The van der Waals surface area contributed by atoms with Crippen LogP contribution in [0, 0.1) is 0 Å². The lowest BCUT2D eigenvalue weighted by Gasteiger charge is -2.27. The van der Waals surface area contributed by atoms with Crippen LogP contribution in [0.3, 0.4) is 0 Å². The molecule has 0 aliphatic heterocycles. The van der Waals surface area contributed by atoms with Gasteiger partial charge in [0, 0.05) is 29.2 Å². The summed E-state index contributed by atoms with van der Waals surface area (Å²) in [6.07, 6.45) is 4.37. The van der Waals surface area contributed by atoms with Gasteiger partial charge in [0.25, 0.3) is 5.91 Å². The number of aliphatic hydroxyl groups is 1. The fraction of sp³-hybridized carbons (Fsp3) is 0.438. The maximum Gasteiger partial charge on any atom is 0.270 e. The molecule has 5 nitrogen and oxygen atoms in total. The lowest BCUT2D eigenvalue weighted by molar-refractivity contribution is 0.0633. The van der Waals surface area contributed by atoms with Gasteiger partial charge < -0.3 is 20.7 Å². The molecule has 0 unspecified atom stereocenters. The monoisotopic (exact) mass is 287 g/mol. The molecule has 1 saturated carbocycles. The first-order valence-electron chi connectivity index (χ1n) is 7.49. The minimum absolute atomic E-state index is 0.00455. The maximum atomic E-state index is 12.7. The van der Waals surface area contributed by atoms with Crippen LogP contribution in [0.15, 0.2) is 24.3 Å². The molecule has 21 heavy (non-hydrogen) atoms. The number of nitrogens with two attached hydrogens (primary N) is 1. The number of aromatic amines is 1. The number of nitrogens with one attached hydrogen (secondary N) is 1. The molecule has 0 bridgehead atoms. The quantitative estimate of drug-likeness (QED) is 0.753. The molecule has 0 spiro atoms. The highest BCUT2D eigenvalue weighted by Gasteiger charge is 2.27. The molecule has 0 radical (unpaired) electrons. The predicted octanol–water partition coefficient (Wildman–Crippen LogP) is 2.13. The Morgan fingerprint density at radius 3 is 2.81 bits per heavy atom. The maximum absolute atomic E-state index is 12.7. The number of hydrogen-bond donors (Lipinski definition) is 3. The summed E-state index contributed by atoms with van der Waals surface area (Å²) in [6, 6.07) is 7.64. The number of hydrogen-bond acceptors (Lipinski definition) is 3. The smallest absolute Gasteiger partial charge is 0.270 e. The van der Waals surface area contributed by atoms with Crippen molar-refractivity contribution >= 4 is 22.5 Å². The third-order valence-electron chi connectivity index (χ3n) is 4.24. The van der Waals surface area contributed by atoms with E-state index in [0.29, 0.717) is 17.9 Å². The van der Waals surface area contributed by atoms with Crippen molar-refractivity contribution in [1.82, 2.24) is 9.88 Å². The number of amides is 1. The molecule has 1 aromatic heterocycles. The average Bonchev–Trinajstić information content (AvgIpc) is 3.12. The lowest BCUT2D eigenvalue weighted by Crippen LogP contribution is -2.40. The summed E-state index contributed by atoms with van der Waals surface area (Å²) in [6.45, 7) is 0.385. The first-order valence-corrected chi connectivity index (χ1v) is 7.49. The second-order valence-corrected chi connectivity index (χ2v) is 5.69. The Morgan fingerprint density at radius 1 is 1.33 bits per heavy atom. The summed E-state index contributed by atoms with van der Waals surface area (Å²) in [7, 11) is 0. The van der Waals surface area contributed by atoms with E-state index in [1.165, 1.54) is 0 Å². The second-order valence-electron chi connectivity index (χ2n) is 5.69. The van der Waals surface area contributed by atoms with Gasteiger partial charge in [-0.15, -0.1) is 0 Å². The van der Waals surface area contributed by atoms with Crippen LogP contribution in [0.5, 0.6) is 0 Å². The molecule has 112 valence electrons. The Kier molecular flexibility index (Phi) is 3.84. The molecule has 2 aromatic rings. The summed E-state index contributed by atoms with van der Waals surface area (Å²) >= 11 is 0. The molecule has 1 aromatic carbocycles. The molecule has 1 fully saturated rings. The number of rotatable bonds is 4. The molecule has 1 amide bonds. The Hall–Kier alpha value is -2.01. The van der Waals surface area contributed by atoms with E-state index in [2.05, 4.69) is 4.98 Å². The zero-order valence-corrected chi connectivity index (χ0v) is 12.0. The van der Waals surface area contributed by atoms with Crippen molar-refractivity contribution in [2.24, 2.45) is 0 Å². The van der Waals surface area contributed by atoms with Crippen molar-refractivity contribution in [2.45, 2.75) is 31.7 Å². The SMILES string of the molecule is Nc1ccc2[nH]c(C(=O)N(CCO)C3CCCC3)cc2c1. The Morgan fingerprint density at radius 2 is 2.10 bits per heavy atom. The molecule has 1 heterocycles. The third kappa shape index (κ3) is 2.74. The number of fused-ring (bicyclic) bond motifs is 1. The second kappa shape index (κ2) is 5.77. The van der Waals surface area contributed by atoms with Crippen molar-refractivity contribution in [2.75, 3.05) is 18.9 Å². The van der Waals surface area contributed by atoms with E-state index in [1.54, 1.807) is 4.90 Å². The standard InChI is InChI=1S/C16H21N3O2/c17-12-5-6-14-11(9-12)10-15(18-14)16(21)19(7-8-20)13-3-1-2-4-13/h5-6,9-10,13,18,20H,1-4,7-8,17H2. The fourth-order valence-electron chi connectivity index (χ4n) is 3.19. The number of aromatic nitrogens is 1. The van der Waals surface area contributed by atoms with Gasteiger partial charge in [-0.25, -0.2) is 0 Å². The summed E-state index contributed by atoms with van der Waals surface area (Å²) in [4.78, 5) is 17.7. The van der Waals surface area contributed by atoms with Crippen LogP contribution < -0.4 is 5.73 Å². The normalized spacial score (nSPS) is 15.7. The first kappa shape index (κ1) is 13.9. The number of carbonyl (C=O) groups excluding carboxylic acids is 1. The van der Waals surface area contributed by atoms with E-state index in [0.717, 1.165) is 36.6 Å². The number of carbonyl (C=O) groups is 1. The zero-order valence-electron chi connectivity index (χ0n) is 12.0. The highest BCUT2D eigenvalue weighted by Crippen LogP contribution is 2.26. The zero-order chi connectivity index (χ0) is 14.8. The van der Waals surface area contributed by atoms with Gasteiger partial charge in [-0.05, 0) is 37.1 Å². The van der Waals surface area contributed by atoms with Crippen LogP contribution in [0.2, 0.25) is 0 Å². The largest absolute Gasteiger partial charge is 0.399 e. The number of anilines is 1. The molecule has 3 rings (SSSR count). The minimum Gasteiger partial charge on any atom is -0.399 e. The van der Waals surface area contributed by atoms with E-state index in [-0.39, 0.29) is 18.6 Å². The molecule has 0 atom stereocenters. The number of H-pyrrole nitrogens is 1. The van der Waals surface area contributed by atoms with Gasteiger partial charge in [-0.2, -0.15) is 0 Å². The molecular formula is C16H21N3O2. The highest BCUT2D eigenvalue weighted by atomic mass is 16.3. The van der Waals surface area contributed by atoms with Crippen LogP contribution in [0.1, 0.15) is 36.2 Å². The third-order valence-corrected chi connectivity index (χ3v) is 4.24. The lowest BCUT2D eigenvalue weighted by atomic mass is 10.2. The summed E-state index contributed by atoms with van der Waals surface area (Å²) in [5.41, 5.74) is 7.93. The van der Waals surface area contributed by atoms with Gasteiger partial charge in [0.1, 0.15) is 5.69 Å². The van der Waals surface area contributed by atoms with Crippen LogP contribution in [-0.2, 0) is 0 Å². The Balaban J connectivity index is 1.89. The van der Waals surface area contributed by atoms with E-state index in [9.17, 15) is 9.90 Å². The van der Waals surface area contributed by atoms with Gasteiger partial charge in [0.05, 0.1) is 6.61 Å². The first-order chi connectivity index (χ1) is 10.2. The van der Waals surface area contributed by atoms with Crippen molar-refractivity contribution in [3.63, 3.8) is 0 Å². The van der Waals surface area contributed by atoms with Gasteiger partial charge in [-0.1, -0.05) is 12.8 Å². The summed E-state index contributed by atoms with van der Waals surface area (Å²) < 4.78 is 0. The van der Waals surface area contributed by atoms with E-state index >= 15 is 0 Å². The summed E-state index contributed by atoms with van der Waals surface area (Å²) in [5, 5.41) is 10.2. The summed E-state index contributed by atoms with van der Waals surface area (Å²) in [5.74, 6) is -0.0364. The topological polar surface area (TPSA) is 82.4 Å². The Labute approximate surface area is 123 Å². The molecule has 5 heteroatoms. The van der Waals surface area contributed by atoms with E-state index in [1.807, 2.05) is 24.3 Å². The van der Waals surface area contributed by atoms with Gasteiger partial charge >= 0.3 is 0 Å². The number of nitrogen functional groups attached to an aromatic ring is 1. The van der Waals surface area contributed by atoms with Crippen LogP contribution in [-0.4, -0.2) is 40.1 Å². The minimum atomic E-state index is -0.0364. The molecule has 1 aliphatic rings. The van der Waals surface area contributed by atoms with Crippen LogP contribution >= 0.6 is 0 Å². The average molecular weight is 287 g/mol. The Bertz CT molecular complexity index is 644. The molecule has 1 aliphatic carbocycles. The van der Waals surface area contributed by atoms with Crippen molar-refractivity contribution in [3.8, 4) is 0 Å². The van der Waals surface area contributed by atoms with E-state index in [4.69, 9.17) is 5.73 Å². The van der Waals surface area contributed by atoms with Crippen LogP contribution in [0.4, 0.5) is 5.69 Å². The predicted molar refractivity (Wildman–Crippen MR) is 83.1 cm³/mol. The van der Waals surface area contributed by atoms with Crippen molar-refractivity contribution in [3.05, 3.63) is 30.0 Å². The van der Waals surface area contributed by atoms with Crippen molar-refractivity contribution in [1.29, 1.82) is 0 Å². The van der Waals surface area contributed by atoms with Gasteiger partial charge in [0.2, 0.25) is 0 Å². The highest BCUT2D eigenvalue weighted by molar-refractivity contribution is 5.98.